The van der Waals surface area contributed by atoms with Crippen LogP contribution in [0.25, 0.3) is 0 Å². The molecule has 3 N–H and O–H groups in total. The van der Waals surface area contributed by atoms with E-state index in [1.54, 1.807) is 18.3 Å². The maximum absolute atomic E-state index is 12.1. The quantitative estimate of drug-likeness (QED) is 0.566. The average molecular weight is 311 g/mol. The lowest BCUT2D eigenvalue weighted by Gasteiger charge is -2.10. The van der Waals surface area contributed by atoms with E-state index < -0.39 is 0 Å². The molecule has 124 valence electrons. The molecule has 0 saturated heterocycles. The fourth-order valence-corrected chi connectivity index (χ4v) is 1.75. The van der Waals surface area contributed by atoms with Gasteiger partial charge in [-0.1, -0.05) is 13.3 Å². The third kappa shape index (κ3) is 6.73. The predicted octanol–water partition coefficient (Wildman–Crippen LogP) is 0.119. The number of ether oxygens (including phenoxy) is 2. The number of rotatable bonds is 11. The minimum Gasteiger partial charge on any atom is -0.478 e. The van der Waals surface area contributed by atoms with Crippen molar-refractivity contribution in [3.8, 4) is 5.75 Å². The molecule has 0 aliphatic heterocycles. The normalized spacial score (nSPS) is 10.5. The first-order valence-electron chi connectivity index (χ1n) is 7.55. The second-order valence-corrected chi connectivity index (χ2v) is 4.76. The average Bonchev–Trinajstić information content (AvgIpc) is 2.52. The molecule has 0 fully saturated rings. The number of nitrogens with zero attached hydrogens (tertiary/aromatic N) is 1. The third-order valence-electron chi connectivity index (χ3n) is 2.94. The molecule has 1 heterocycles. The van der Waals surface area contributed by atoms with E-state index in [-0.39, 0.29) is 23.8 Å². The van der Waals surface area contributed by atoms with Crippen LogP contribution in [0.5, 0.6) is 5.75 Å². The fraction of sp³-hybridized carbons (Fsp3) is 0.600. The lowest BCUT2D eigenvalue weighted by molar-refractivity contribution is -0.123. The van der Waals surface area contributed by atoms with Gasteiger partial charge in [-0.25, -0.2) is 0 Å². The van der Waals surface area contributed by atoms with E-state index in [1.165, 1.54) is 4.57 Å². The number of hydrogen-bond donors (Lipinski definition) is 2. The number of unbranched alkanes of at least 4 members (excludes halogenated alkanes) is 1. The molecule has 7 heteroatoms. The minimum atomic E-state index is -0.278. The molecule has 1 rings (SSSR count). The summed E-state index contributed by atoms with van der Waals surface area (Å²) >= 11 is 0. The number of hydrogen-bond acceptors (Lipinski definition) is 5. The van der Waals surface area contributed by atoms with Crippen LogP contribution in [0.1, 0.15) is 19.8 Å². The Kier molecular flexibility index (Phi) is 8.94. The molecule has 0 saturated carbocycles. The SMILES string of the molecule is CCCCNC(=O)COc1cccn(CCOCCN)c1=O. The van der Waals surface area contributed by atoms with Crippen LogP contribution in [0.4, 0.5) is 0 Å². The van der Waals surface area contributed by atoms with Gasteiger partial charge in [0.25, 0.3) is 11.5 Å². The number of pyridine rings is 1. The lowest BCUT2D eigenvalue weighted by Crippen LogP contribution is -2.31. The summed E-state index contributed by atoms with van der Waals surface area (Å²) in [5.74, 6) is -0.0681. The predicted molar refractivity (Wildman–Crippen MR) is 84.0 cm³/mol. The third-order valence-corrected chi connectivity index (χ3v) is 2.94. The number of carbonyl (C=O) groups excluding carboxylic acids is 1. The molecule has 1 aromatic rings. The van der Waals surface area contributed by atoms with E-state index in [1.807, 2.05) is 6.92 Å². The largest absolute Gasteiger partial charge is 0.478 e. The van der Waals surface area contributed by atoms with Crippen molar-refractivity contribution in [2.24, 2.45) is 5.73 Å². The monoisotopic (exact) mass is 311 g/mol. The van der Waals surface area contributed by atoms with Crippen LogP contribution in [0, 0.1) is 0 Å². The number of carbonyl (C=O) groups is 1. The second-order valence-electron chi connectivity index (χ2n) is 4.76. The van der Waals surface area contributed by atoms with Crippen LogP contribution in [0.15, 0.2) is 23.1 Å². The standard InChI is InChI=1S/C15H25N3O4/c1-2-3-7-17-14(19)12-22-13-5-4-8-18(15(13)20)9-11-21-10-6-16/h4-5,8H,2-3,6-7,9-12,16H2,1H3,(H,17,19). The molecule has 0 spiro atoms. The lowest BCUT2D eigenvalue weighted by atomic mass is 10.3. The van der Waals surface area contributed by atoms with E-state index in [0.717, 1.165) is 12.8 Å². The van der Waals surface area contributed by atoms with Crippen molar-refractivity contribution >= 4 is 5.91 Å². The molecular formula is C15H25N3O4. The van der Waals surface area contributed by atoms with Crippen molar-refractivity contribution in [1.82, 2.24) is 9.88 Å². The van der Waals surface area contributed by atoms with Gasteiger partial charge in [0.15, 0.2) is 12.4 Å². The van der Waals surface area contributed by atoms with Gasteiger partial charge < -0.3 is 25.1 Å². The Hall–Kier alpha value is -1.86. The van der Waals surface area contributed by atoms with Crippen molar-refractivity contribution in [1.29, 1.82) is 0 Å². The zero-order valence-electron chi connectivity index (χ0n) is 13.0. The first-order chi connectivity index (χ1) is 10.7. The molecule has 0 aliphatic rings. The molecule has 0 atom stereocenters. The number of nitrogens with one attached hydrogen (secondary N) is 1. The summed E-state index contributed by atoms with van der Waals surface area (Å²) in [5.41, 5.74) is 5.04. The highest BCUT2D eigenvalue weighted by atomic mass is 16.5. The smallest absolute Gasteiger partial charge is 0.292 e. The minimum absolute atomic E-state index is 0.159. The fourth-order valence-electron chi connectivity index (χ4n) is 1.75. The molecule has 1 amide bonds. The van der Waals surface area contributed by atoms with Gasteiger partial charge in [-0.3, -0.25) is 9.59 Å². The van der Waals surface area contributed by atoms with Gasteiger partial charge in [0, 0.05) is 25.8 Å². The summed E-state index contributed by atoms with van der Waals surface area (Å²) in [4.78, 5) is 23.7. The van der Waals surface area contributed by atoms with E-state index in [9.17, 15) is 9.59 Å². The zero-order valence-corrected chi connectivity index (χ0v) is 13.0. The van der Waals surface area contributed by atoms with E-state index >= 15 is 0 Å². The van der Waals surface area contributed by atoms with E-state index in [4.69, 9.17) is 15.2 Å². The highest BCUT2D eigenvalue weighted by Gasteiger charge is 2.07. The van der Waals surface area contributed by atoms with Gasteiger partial charge in [0.2, 0.25) is 0 Å². The second kappa shape index (κ2) is 10.8. The van der Waals surface area contributed by atoms with Crippen molar-refractivity contribution in [2.75, 3.05) is 32.9 Å². The van der Waals surface area contributed by atoms with Gasteiger partial charge in [-0.2, -0.15) is 0 Å². The van der Waals surface area contributed by atoms with Crippen molar-refractivity contribution in [2.45, 2.75) is 26.3 Å². The Morgan fingerprint density at radius 2 is 2.23 bits per heavy atom. The Morgan fingerprint density at radius 1 is 1.41 bits per heavy atom. The van der Waals surface area contributed by atoms with Gasteiger partial charge in [0.1, 0.15) is 0 Å². The number of aromatic nitrogens is 1. The summed E-state index contributed by atoms with van der Waals surface area (Å²) in [7, 11) is 0. The van der Waals surface area contributed by atoms with Crippen LogP contribution < -0.4 is 21.3 Å². The first-order valence-corrected chi connectivity index (χ1v) is 7.55. The highest BCUT2D eigenvalue weighted by Crippen LogP contribution is 2.01. The van der Waals surface area contributed by atoms with Crippen LogP contribution in [0.3, 0.4) is 0 Å². The summed E-state index contributed by atoms with van der Waals surface area (Å²) in [6.07, 6.45) is 3.59. The maximum Gasteiger partial charge on any atom is 0.292 e. The first kappa shape index (κ1) is 18.2. The molecule has 0 radical (unpaired) electrons. The van der Waals surface area contributed by atoms with Crippen LogP contribution in [-0.4, -0.2) is 43.4 Å². The van der Waals surface area contributed by atoms with Crippen LogP contribution >= 0.6 is 0 Å². The molecule has 0 unspecified atom stereocenters. The maximum atomic E-state index is 12.1. The topological polar surface area (TPSA) is 95.6 Å². The number of amides is 1. The molecule has 0 bridgehead atoms. The molecule has 22 heavy (non-hydrogen) atoms. The Morgan fingerprint density at radius 3 is 2.95 bits per heavy atom. The Labute approximate surface area is 130 Å². The Balaban J connectivity index is 2.46. The van der Waals surface area contributed by atoms with Crippen LogP contribution in [-0.2, 0) is 16.1 Å². The van der Waals surface area contributed by atoms with Crippen LogP contribution in [0.2, 0.25) is 0 Å². The molecule has 1 aromatic heterocycles. The highest BCUT2D eigenvalue weighted by molar-refractivity contribution is 5.77. The molecular weight excluding hydrogens is 286 g/mol. The van der Waals surface area contributed by atoms with Crippen molar-refractivity contribution in [3.05, 3.63) is 28.7 Å². The number of nitrogens with two attached hydrogens (primary N) is 1. The summed E-state index contributed by atoms with van der Waals surface area (Å²) in [6.45, 7) is 4.24. The van der Waals surface area contributed by atoms with E-state index in [0.29, 0.717) is 32.8 Å². The summed E-state index contributed by atoms with van der Waals surface area (Å²) in [5, 5.41) is 2.73. The van der Waals surface area contributed by atoms with Gasteiger partial charge in [-0.15, -0.1) is 0 Å². The molecule has 7 nitrogen and oxygen atoms in total. The summed E-state index contributed by atoms with van der Waals surface area (Å²) < 4.78 is 12.0. The van der Waals surface area contributed by atoms with Crippen molar-refractivity contribution in [3.63, 3.8) is 0 Å². The van der Waals surface area contributed by atoms with Gasteiger partial charge in [0.05, 0.1) is 13.2 Å². The summed E-state index contributed by atoms with van der Waals surface area (Å²) in [6, 6.07) is 3.26. The Bertz CT molecular complexity index is 502. The van der Waals surface area contributed by atoms with E-state index in [2.05, 4.69) is 5.32 Å². The van der Waals surface area contributed by atoms with Crippen molar-refractivity contribution < 1.29 is 14.3 Å². The van der Waals surface area contributed by atoms with Gasteiger partial charge in [-0.05, 0) is 18.6 Å². The van der Waals surface area contributed by atoms with Gasteiger partial charge >= 0.3 is 0 Å². The zero-order chi connectivity index (χ0) is 16.2. The molecule has 0 aliphatic carbocycles. The molecule has 0 aromatic carbocycles.